The number of aryl methyl sites for hydroxylation is 1. The molecule has 2 aromatic carbocycles. The molecule has 0 unspecified atom stereocenters. The number of anilines is 1. The number of aromatic nitrogens is 2. The van der Waals surface area contributed by atoms with E-state index < -0.39 is 10.0 Å². The van der Waals surface area contributed by atoms with Gasteiger partial charge in [0.2, 0.25) is 10.0 Å². The Morgan fingerprint density at radius 1 is 1.26 bits per heavy atom. The lowest BCUT2D eigenvalue weighted by molar-refractivity contribution is 0.0952. The van der Waals surface area contributed by atoms with Crippen LogP contribution in [0.15, 0.2) is 42.5 Å². The van der Waals surface area contributed by atoms with Crippen molar-refractivity contribution in [2.75, 3.05) is 23.1 Å². The van der Waals surface area contributed by atoms with E-state index in [1.165, 1.54) is 4.31 Å². The first-order valence-electron chi connectivity index (χ1n) is 8.77. The lowest BCUT2D eigenvalue weighted by Crippen LogP contribution is -2.37. The number of carbonyl (C=O) groups is 1. The summed E-state index contributed by atoms with van der Waals surface area (Å²) in [6, 6.07) is 13.2. The molecule has 27 heavy (non-hydrogen) atoms. The summed E-state index contributed by atoms with van der Waals surface area (Å²) in [4.78, 5) is 12.4. The SMILES string of the molecule is Cc1ccc2[nH]nc(C(=O)NCCS(=O)(=O)N3CCc4ccccc43)c2c1. The van der Waals surface area contributed by atoms with Gasteiger partial charge in [-0.15, -0.1) is 0 Å². The first kappa shape index (κ1) is 17.5. The number of amides is 1. The predicted molar refractivity (Wildman–Crippen MR) is 104 cm³/mol. The van der Waals surface area contributed by atoms with Gasteiger partial charge in [-0.3, -0.25) is 14.2 Å². The molecule has 0 aliphatic carbocycles. The van der Waals surface area contributed by atoms with E-state index in [0.29, 0.717) is 13.0 Å². The number of sulfonamides is 1. The van der Waals surface area contributed by atoms with Gasteiger partial charge in [0.15, 0.2) is 5.69 Å². The fourth-order valence-electron chi connectivity index (χ4n) is 3.39. The Morgan fingerprint density at radius 3 is 2.93 bits per heavy atom. The van der Waals surface area contributed by atoms with Crippen molar-refractivity contribution >= 4 is 32.5 Å². The summed E-state index contributed by atoms with van der Waals surface area (Å²) in [6.07, 6.45) is 0.709. The van der Waals surface area contributed by atoms with Gasteiger partial charge in [-0.05, 0) is 37.1 Å². The Kier molecular flexibility index (Phi) is 4.35. The smallest absolute Gasteiger partial charge is 0.272 e. The summed E-state index contributed by atoms with van der Waals surface area (Å²) in [5.74, 6) is -0.544. The maximum Gasteiger partial charge on any atom is 0.272 e. The van der Waals surface area contributed by atoms with Crippen LogP contribution in [-0.4, -0.2) is 43.4 Å². The van der Waals surface area contributed by atoms with Gasteiger partial charge in [0.05, 0.1) is 17.0 Å². The molecule has 0 radical (unpaired) electrons. The highest BCUT2D eigenvalue weighted by Crippen LogP contribution is 2.29. The number of nitrogens with zero attached hydrogens (tertiary/aromatic N) is 2. The van der Waals surface area contributed by atoms with Crippen molar-refractivity contribution in [2.24, 2.45) is 0 Å². The van der Waals surface area contributed by atoms with Crippen LogP contribution in [0.1, 0.15) is 21.6 Å². The summed E-state index contributed by atoms with van der Waals surface area (Å²) in [7, 11) is -3.50. The van der Waals surface area contributed by atoms with Crippen LogP contribution in [0.5, 0.6) is 0 Å². The standard InChI is InChI=1S/C19H20N4O3S/c1-13-6-7-16-15(12-13)18(22-21-16)19(24)20-9-11-27(25,26)23-10-8-14-4-2-3-5-17(14)23/h2-7,12H,8-11H2,1H3,(H,20,24)(H,21,22). The summed E-state index contributed by atoms with van der Waals surface area (Å²) in [6.45, 7) is 2.41. The second kappa shape index (κ2) is 6.70. The van der Waals surface area contributed by atoms with E-state index in [4.69, 9.17) is 0 Å². The molecule has 2 N–H and O–H groups in total. The molecule has 0 atom stereocenters. The molecule has 0 saturated heterocycles. The highest BCUT2D eigenvalue weighted by atomic mass is 32.2. The van der Waals surface area contributed by atoms with E-state index >= 15 is 0 Å². The van der Waals surface area contributed by atoms with Gasteiger partial charge in [0.25, 0.3) is 5.91 Å². The number of H-pyrrole nitrogens is 1. The molecule has 7 nitrogen and oxygen atoms in total. The summed E-state index contributed by atoms with van der Waals surface area (Å²) >= 11 is 0. The van der Waals surface area contributed by atoms with Gasteiger partial charge in [-0.25, -0.2) is 8.42 Å². The number of hydrogen-bond donors (Lipinski definition) is 2. The second-order valence-electron chi connectivity index (χ2n) is 6.64. The van der Waals surface area contributed by atoms with Gasteiger partial charge in [0, 0.05) is 18.5 Å². The average Bonchev–Trinajstić information content (AvgIpc) is 3.25. The summed E-state index contributed by atoms with van der Waals surface area (Å²) in [5.41, 5.74) is 3.83. The number of nitrogens with one attached hydrogen (secondary N) is 2. The van der Waals surface area contributed by atoms with Crippen LogP contribution in [0.25, 0.3) is 10.9 Å². The third kappa shape index (κ3) is 3.28. The number of fused-ring (bicyclic) bond motifs is 2. The van der Waals surface area contributed by atoms with Crippen LogP contribution in [0.2, 0.25) is 0 Å². The minimum Gasteiger partial charge on any atom is -0.350 e. The van der Waals surface area contributed by atoms with E-state index in [1.807, 2.05) is 49.4 Å². The topological polar surface area (TPSA) is 95.2 Å². The highest BCUT2D eigenvalue weighted by Gasteiger charge is 2.28. The minimum absolute atomic E-state index is 0.0278. The van der Waals surface area contributed by atoms with E-state index in [9.17, 15) is 13.2 Å². The van der Waals surface area contributed by atoms with Crippen LogP contribution in [0.4, 0.5) is 5.69 Å². The van der Waals surface area contributed by atoms with E-state index in [0.717, 1.165) is 27.7 Å². The first-order chi connectivity index (χ1) is 13.0. The fourth-order valence-corrected chi connectivity index (χ4v) is 4.81. The molecule has 4 rings (SSSR count). The molecule has 1 aliphatic rings. The Bertz CT molecular complexity index is 1120. The Hall–Kier alpha value is -2.87. The number of aromatic amines is 1. The number of para-hydroxylation sites is 1. The Morgan fingerprint density at radius 2 is 2.07 bits per heavy atom. The lowest BCUT2D eigenvalue weighted by atomic mass is 10.1. The van der Waals surface area contributed by atoms with Crippen LogP contribution in [0.3, 0.4) is 0 Å². The van der Waals surface area contributed by atoms with Crippen LogP contribution >= 0.6 is 0 Å². The summed E-state index contributed by atoms with van der Waals surface area (Å²) < 4.78 is 26.8. The van der Waals surface area contributed by atoms with E-state index in [-0.39, 0.29) is 23.9 Å². The number of rotatable bonds is 5. The molecule has 3 aromatic rings. The molecule has 140 valence electrons. The van der Waals surface area contributed by atoms with Crippen molar-refractivity contribution < 1.29 is 13.2 Å². The Labute approximate surface area is 157 Å². The van der Waals surface area contributed by atoms with Gasteiger partial charge < -0.3 is 5.32 Å². The van der Waals surface area contributed by atoms with Crippen LogP contribution in [-0.2, 0) is 16.4 Å². The summed E-state index contributed by atoms with van der Waals surface area (Å²) in [5, 5.41) is 10.3. The molecule has 2 heterocycles. The zero-order chi connectivity index (χ0) is 19.0. The molecule has 1 aliphatic heterocycles. The van der Waals surface area contributed by atoms with Crippen molar-refractivity contribution in [1.29, 1.82) is 0 Å². The van der Waals surface area contributed by atoms with Gasteiger partial charge in [-0.2, -0.15) is 5.10 Å². The highest BCUT2D eigenvalue weighted by molar-refractivity contribution is 7.92. The maximum absolute atomic E-state index is 12.7. The molecule has 0 spiro atoms. The molecule has 0 saturated carbocycles. The monoisotopic (exact) mass is 384 g/mol. The Balaban J connectivity index is 1.43. The van der Waals surface area contributed by atoms with Crippen molar-refractivity contribution in [2.45, 2.75) is 13.3 Å². The normalized spacial score (nSPS) is 13.7. The molecule has 8 heteroatoms. The number of carbonyl (C=O) groups excluding carboxylic acids is 1. The van der Waals surface area contributed by atoms with Gasteiger partial charge in [0.1, 0.15) is 0 Å². The van der Waals surface area contributed by atoms with Crippen LogP contribution < -0.4 is 9.62 Å². The molecular weight excluding hydrogens is 364 g/mol. The van der Waals surface area contributed by atoms with Crippen molar-refractivity contribution in [3.05, 3.63) is 59.3 Å². The fraction of sp³-hybridized carbons (Fsp3) is 0.263. The molecule has 1 aromatic heterocycles. The van der Waals surface area contributed by atoms with Gasteiger partial charge in [-0.1, -0.05) is 29.8 Å². The largest absolute Gasteiger partial charge is 0.350 e. The van der Waals surface area contributed by atoms with E-state index in [2.05, 4.69) is 15.5 Å². The van der Waals surface area contributed by atoms with Crippen molar-refractivity contribution in [3.8, 4) is 0 Å². The lowest BCUT2D eigenvalue weighted by Gasteiger charge is -2.19. The number of benzene rings is 2. The maximum atomic E-state index is 12.7. The predicted octanol–water partition coefficient (Wildman–Crippen LogP) is 1.99. The third-order valence-electron chi connectivity index (χ3n) is 4.76. The average molecular weight is 384 g/mol. The van der Waals surface area contributed by atoms with Crippen molar-refractivity contribution in [1.82, 2.24) is 15.5 Å². The molecule has 0 bridgehead atoms. The van der Waals surface area contributed by atoms with Crippen LogP contribution in [0, 0.1) is 6.92 Å². The molecule has 1 amide bonds. The third-order valence-corrected chi connectivity index (χ3v) is 6.53. The number of hydrogen-bond acceptors (Lipinski definition) is 4. The van der Waals surface area contributed by atoms with Crippen molar-refractivity contribution in [3.63, 3.8) is 0 Å². The second-order valence-corrected chi connectivity index (χ2v) is 8.66. The zero-order valence-corrected chi connectivity index (χ0v) is 15.7. The first-order valence-corrected chi connectivity index (χ1v) is 10.4. The zero-order valence-electron chi connectivity index (χ0n) is 14.9. The molecule has 0 fully saturated rings. The quantitative estimate of drug-likeness (QED) is 0.703. The molecular formula is C19H20N4O3S. The minimum atomic E-state index is -3.50. The van der Waals surface area contributed by atoms with E-state index in [1.54, 1.807) is 0 Å². The van der Waals surface area contributed by atoms with Gasteiger partial charge >= 0.3 is 0 Å².